The summed E-state index contributed by atoms with van der Waals surface area (Å²) in [6, 6.07) is 1.48. The number of nitrogens with zero attached hydrogens (tertiary/aromatic N) is 2. The lowest BCUT2D eigenvalue weighted by molar-refractivity contribution is -0.140. The Hall–Kier alpha value is -1.71. The minimum absolute atomic E-state index is 0.467. The van der Waals surface area contributed by atoms with Gasteiger partial charge in [-0.15, -0.1) is 0 Å². The maximum atomic E-state index is 12.5. The van der Waals surface area contributed by atoms with Gasteiger partial charge in [-0.3, -0.25) is 4.98 Å². The number of halogens is 5. The van der Waals surface area contributed by atoms with E-state index in [1.165, 1.54) is 6.07 Å². The fourth-order valence-electron chi connectivity index (χ4n) is 1.25. The fourth-order valence-corrected chi connectivity index (χ4v) is 1.25. The first kappa shape index (κ1) is 12.4. The van der Waals surface area contributed by atoms with Gasteiger partial charge in [0, 0.05) is 18.0 Å². The quantitative estimate of drug-likeness (QED) is 0.740. The van der Waals surface area contributed by atoms with Crippen molar-refractivity contribution in [2.24, 2.45) is 0 Å². The van der Waals surface area contributed by atoms with Gasteiger partial charge >= 0.3 is 6.18 Å². The molecule has 86 valence electrons. The molecule has 0 atom stereocenters. The molecule has 0 saturated heterocycles. The molecule has 2 nitrogen and oxygen atoms in total. The van der Waals surface area contributed by atoms with Gasteiger partial charge in [-0.1, -0.05) is 0 Å². The molecule has 1 rings (SSSR count). The summed E-state index contributed by atoms with van der Waals surface area (Å²) in [7, 11) is 0. The third-order valence-corrected chi connectivity index (χ3v) is 1.84. The molecule has 0 N–H and O–H groups in total. The number of hydrogen-bond donors (Lipinski definition) is 0. The van der Waals surface area contributed by atoms with Crippen molar-refractivity contribution in [3.05, 3.63) is 29.1 Å². The van der Waals surface area contributed by atoms with Crippen molar-refractivity contribution in [1.29, 1.82) is 5.26 Å². The molecule has 0 aliphatic rings. The van der Waals surface area contributed by atoms with Gasteiger partial charge in [0.25, 0.3) is 6.43 Å². The van der Waals surface area contributed by atoms with E-state index in [1.807, 2.05) is 0 Å². The summed E-state index contributed by atoms with van der Waals surface area (Å²) >= 11 is 0. The molecule has 0 spiro atoms. The number of hydrogen-bond acceptors (Lipinski definition) is 2. The van der Waals surface area contributed by atoms with E-state index in [1.54, 1.807) is 0 Å². The second-order valence-electron chi connectivity index (χ2n) is 2.90. The fraction of sp³-hybridized carbons (Fsp3) is 0.333. The lowest BCUT2D eigenvalue weighted by Crippen LogP contribution is -2.14. The second-order valence-corrected chi connectivity index (χ2v) is 2.90. The van der Waals surface area contributed by atoms with Crippen LogP contribution in [-0.2, 0) is 12.6 Å². The van der Waals surface area contributed by atoms with Gasteiger partial charge in [-0.05, 0) is 5.56 Å². The summed E-state index contributed by atoms with van der Waals surface area (Å²) in [6.07, 6.45) is -7.56. The van der Waals surface area contributed by atoms with Crippen molar-refractivity contribution < 1.29 is 22.0 Å². The van der Waals surface area contributed by atoms with Gasteiger partial charge in [0.1, 0.15) is 0 Å². The summed E-state index contributed by atoms with van der Waals surface area (Å²) in [5.41, 5.74) is -3.19. The number of alkyl halides is 5. The van der Waals surface area contributed by atoms with Gasteiger partial charge in [-0.2, -0.15) is 18.4 Å². The molecule has 1 aromatic rings. The number of pyridine rings is 1. The van der Waals surface area contributed by atoms with Crippen LogP contribution in [-0.4, -0.2) is 4.98 Å². The summed E-state index contributed by atoms with van der Waals surface area (Å²) < 4.78 is 62.3. The number of rotatable bonds is 2. The minimum Gasteiger partial charge on any atom is -0.264 e. The highest BCUT2D eigenvalue weighted by atomic mass is 19.4. The molecular formula is C9H5F5N2. The maximum Gasteiger partial charge on any atom is 0.417 e. The molecule has 0 bridgehead atoms. The van der Waals surface area contributed by atoms with Crippen LogP contribution in [0.4, 0.5) is 22.0 Å². The smallest absolute Gasteiger partial charge is 0.264 e. The molecule has 16 heavy (non-hydrogen) atoms. The molecule has 0 aromatic carbocycles. The van der Waals surface area contributed by atoms with Crippen molar-refractivity contribution in [3.8, 4) is 6.07 Å². The van der Waals surface area contributed by atoms with Crippen molar-refractivity contribution >= 4 is 0 Å². The van der Waals surface area contributed by atoms with Crippen LogP contribution < -0.4 is 0 Å². The van der Waals surface area contributed by atoms with Gasteiger partial charge in [-0.25, -0.2) is 8.78 Å². The third-order valence-electron chi connectivity index (χ3n) is 1.84. The molecule has 0 fully saturated rings. The monoisotopic (exact) mass is 236 g/mol. The topological polar surface area (TPSA) is 36.7 Å². The number of nitriles is 1. The van der Waals surface area contributed by atoms with Crippen LogP contribution in [0.3, 0.4) is 0 Å². The predicted molar refractivity (Wildman–Crippen MR) is 43.5 cm³/mol. The van der Waals surface area contributed by atoms with E-state index in [-0.39, 0.29) is 0 Å². The lowest BCUT2D eigenvalue weighted by atomic mass is 10.0. The van der Waals surface area contributed by atoms with Gasteiger partial charge in [0.2, 0.25) is 0 Å². The van der Waals surface area contributed by atoms with E-state index in [0.717, 1.165) is 6.20 Å². The average Bonchev–Trinajstić information content (AvgIpc) is 2.16. The van der Waals surface area contributed by atoms with Gasteiger partial charge in [0.15, 0.2) is 0 Å². The zero-order valence-electron chi connectivity index (χ0n) is 7.72. The Balaban J connectivity index is 3.42. The highest BCUT2D eigenvalue weighted by Crippen LogP contribution is 2.38. The minimum atomic E-state index is -4.92. The first-order valence-corrected chi connectivity index (χ1v) is 4.07. The molecule has 0 amide bonds. The molecule has 0 saturated carbocycles. The van der Waals surface area contributed by atoms with E-state index < -0.39 is 35.7 Å². The zero-order chi connectivity index (χ0) is 12.3. The van der Waals surface area contributed by atoms with E-state index in [2.05, 4.69) is 4.98 Å². The molecule has 0 aliphatic carbocycles. The first-order chi connectivity index (χ1) is 7.38. The molecule has 0 aliphatic heterocycles. The van der Waals surface area contributed by atoms with Crippen LogP contribution >= 0.6 is 0 Å². The Bertz CT molecular complexity index is 419. The standard InChI is InChI=1S/C9H5F5N2/c10-8(11)6-4-16-3-5(1-2-15)7(6)9(12,13)14/h3-4,8H,1H2. The van der Waals surface area contributed by atoms with Crippen LogP contribution in [0.2, 0.25) is 0 Å². The van der Waals surface area contributed by atoms with Crippen molar-refractivity contribution in [2.45, 2.75) is 19.0 Å². The van der Waals surface area contributed by atoms with Crippen molar-refractivity contribution in [2.75, 3.05) is 0 Å². The average molecular weight is 236 g/mol. The Labute approximate surface area is 87.3 Å². The zero-order valence-corrected chi connectivity index (χ0v) is 7.72. The summed E-state index contributed by atoms with van der Waals surface area (Å²) in [5.74, 6) is 0. The Kier molecular flexibility index (Phi) is 3.42. The molecule has 7 heteroatoms. The Morgan fingerprint density at radius 1 is 1.31 bits per heavy atom. The van der Waals surface area contributed by atoms with Crippen molar-refractivity contribution in [1.82, 2.24) is 4.98 Å². The summed E-state index contributed by atoms with van der Waals surface area (Å²) in [4.78, 5) is 3.27. The van der Waals surface area contributed by atoms with Crippen molar-refractivity contribution in [3.63, 3.8) is 0 Å². The van der Waals surface area contributed by atoms with Crippen LogP contribution in [0.5, 0.6) is 0 Å². The van der Waals surface area contributed by atoms with E-state index in [0.29, 0.717) is 6.20 Å². The maximum absolute atomic E-state index is 12.5. The SMILES string of the molecule is N#CCc1cncc(C(F)F)c1C(F)(F)F. The summed E-state index contributed by atoms with van der Waals surface area (Å²) in [6.45, 7) is 0. The van der Waals surface area contributed by atoms with Crippen LogP contribution in [0.25, 0.3) is 0 Å². The largest absolute Gasteiger partial charge is 0.417 e. The van der Waals surface area contributed by atoms with E-state index in [9.17, 15) is 22.0 Å². The van der Waals surface area contributed by atoms with Gasteiger partial charge in [0.05, 0.1) is 18.1 Å². The van der Waals surface area contributed by atoms with E-state index in [4.69, 9.17) is 5.26 Å². The predicted octanol–water partition coefficient (Wildman–Crippen LogP) is 3.10. The highest BCUT2D eigenvalue weighted by molar-refractivity contribution is 5.36. The lowest BCUT2D eigenvalue weighted by Gasteiger charge is -2.14. The normalized spacial score (nSPS) is 11.6. The second kappa shape index (κ2) is 4.43. The molecule has 1 aromatic heterocycles. The van der Waals surface area contributed by atoms with E-state index >= 15 is 0 Å². The van der Waals surface area contributed by atoms with Crippen LogP contribution in [0, 0.1) is 11.3 Å². The summed E-state index contributed by atoms with van der Waals surface area (Å²) in [5, 5.41) is 8.31. The van der Waals surface area contributed by atoms with Crippen LogP contribution in [0.1, 0.15) is 23.1 Å². The van der Waals surface area contributed by atoms with Crippen LogP contribution in [0.15, 0.2) is 12.4 Å². The Morgan fingerprint density at radius 3 is 2.38 bits per heavy atom. The Morgan fingerprint density at radius 2 is 1.94 bits per heavy atom. The van der Waals surface area contributed by atoms with Gasteiger partial charge < -0.3 is 0 Å². The first-order valence-electron chi connectivity index (χ1n) is 4.07. The molecule has 0 unspecified atom stereocenters. The molecular weight excluding hydrogens is 231 g/mol. The molecule has 1 heterocycles. The molecule has 0 radical (unpaired) electrons. The number of aromatic nitrogens is 1. The third kappa shape index (κ3) is 2.45. The highest BCUT2D eigenvalue weighted by Gasteiger charge is 2.38.